The number of alkyl halides is 3. The zero-order valence-corrected chi connectivity index (χ0v) is 12.9. The van der Waals surface area contributed by atoms with E-state index in [1.807, 2.05) is 0 Å². The van der Waals surface area contributed by atoms with Crippen molar-refractivity contribution in [3.05, 3.63) is 45.4 Å². The van der Waals surface area contributed by atoms with E-state index in [1.165, 1.54) is 18.3 Å². The zero-order valence-electron chi connectivity index (χ0n) is 12.1. The van der Waals surface area contributed by atoms with Crippen LogP contribution >= 0.6 is 11.3 Å². The quantitative estimate of drug-likeness (QED) is 0.823. The van der Waals surface area contributed by atoms with Gasteiger partial charge in [-0.3, -0.25) is 0 Å². The van der Waals surface area contributed by atoms with Crippen LogP contribution in [0, 0.1) is 0 Å². The Morgan fingerprint density at radius 2 is 2.22 bits per heavy atom. The number of nitrogens with zero attached hydrogens (tertiary/aromatic N) is 1. The Morgan fingerprint density at radius 3 is 2.70 bits per heavy atom. The fraction of sp³-hybridized carbons (Fsp3) is 0.286. The Morgan fingerprint density at radius 1 is 1.52 bits per heavy atom. The fourth-order valence-electron chi connectivity index (χ4n) is 2.26. The van der Waals surface area contributed by atoms with Crippen molar-refractivity contribution in [3.63, 3.8) is 0 Å². The number of esters is 1. The molecule has 1 unspecified atom stereocenters. The number of ether oxygens (including phenoxy) is 1. The van der Waals surface area contributed by atoms with Crippen molar-refractivity contribution in [2.45, 2.75) is 19.0 Å². The van der Waals surface area contributed by atoms with Gasteiger partial charge >= 0.3 is 12.1 Å². The summed E-state index contributed by atoms with van der Waals surface area (Å²) in [6.07, 6.45) is -3.78. The van der Waals surface area contributed by atoms with Crippen molar-refractivity contribution in [2.24, 2.45) is 16.5 Å². The number of hydrogen-bond donors (Lipinski definition) is 2. The summed E-state index contributed by atoms with van der Waals surface area (Å²) in [5, 5.41) is 1.68. The summed E-state index contributed by atoms with van der Waals surface area (Å²) in [5.74, 6) is -2.52. The molecule has 1 atom stereocenters. The molecule has 1 aliphatic rings. The normalized spacial score (nSPS) is 20.6. The Hall–Kier alpha value is -2.29. The third kappa shape index (κ3) is 3.24. The average Bonchev–Trinajstić information content (AvgIpc) is 2.99. The van der Waals surface area contributed by atoms with Gasteiger partial charge in [-0.25, -0.2) is 9.79 Å². The highest BCUT2D eigenvalue weighted by Crippen LogP contribution is 2.44. The van der Waals surface area contributed by atoms with Crippen molar-refractivity contribution >= 4 is 23.1 Å². The minimum atomic E-state index is -4.84. The monoisotopic (exact) mass is 345 g/mol. The number of amidine groups is 1. The smallest absolute Gasteiger partial charge is 0.434 e. The number of rotatable bonds is 3. The highest BCUT2D eigenvalue weighted by molar-refractivity contribution is 7.10. The molecule has 2 rings (SSSR count). The first-order valence-electron chi connectivity index (χ1n) is 6.59. The van der Waals surface area contributed by atoms with E-state index in [2.05, 4.69) is 4.99 Å². The Balaban J connectivity index is 2.74. The molecule has 1 aliphatic heterocycles. The topological polar surface area (TPSA) is 90.7 Å². The number of allylic oxidation sites excluding steroid dienone is 1. The van der Waals surface area contributed by atoms with E-state index in [9.17, 15) is 18.0 Å². The molecule has 0 saturated carbocycles. The second-order valence-electron chi connectivity index (χ2n) is 4.55. The molecule has 0 fully saturated rings. The van der Waals surface area contributed by atoms with Crippen LogP contribution in [0.25, 0.3) is 0 Å². The highest BCUT2D eigenvalue weighted by atomic mass is 32.1. The van der Waals surface area contributed by atoms with Gasteiger partial charge in [0.05, 0.1) is 18.1 Å². The number of thiophene rings is 1. The standard InChI is InChI=1S/C14H14F3N3O2S/c1-2-22-13(21)10-9(8-4-3-5-23-8)7(6-18)12(19)20-11(10)14(15,16)17/h3-6,9H,2,18H2,1H3,(H2,19,20)/b7-6-. The van der Waals surface area contributed by atoms with Crippen molar-refractivity contribution in [3.8, 4) is 0 Å². The lowest BCUT2D eigenvalue weighted by Crippen LogP contribution is -2.33. The Bertz CT molecular complexity index is 691. The second-order valence-corrected chi connectivity index (χ2v) is 5.53. The van der Waals surface area contributed by atoms with Crippen LogP contribution in [-0.2, 0) is 9.53 Å². The van der Waals surface area contributed by atoms with Crippen LogP contribution in [0.3, 0.4) is 0 Å². The predicted molar refractivity (Wildman–Crippen MR) is 80.7 cm³/mol. The summed E-state index contributed by atoms with van der Waals surface area (Å²) >= 11 is 1.19. The minimum absolute atomic E-state index is 0.0640. The van der Waals surface area contributed by atoms with Crippen LogP contribution in [0.1, 0.15) is 17.7 Å². The van der Waals surface area contributed by atoms with Gasteiger partial charge in [-0.2, -0.15) is 13.2 Å². The molecule has 4 N–H and O–H groups in total. The number of carbonyl (C=O) groups is 1. The van der Waals surface area contributed by atoms with E-state index in [0.29, 0.717) is 4.88 Å². The molecule has 0 saturated heterocycles. The van der Waals surface area contributed by atoms with Crippen molar-refractivity contribution in [2.75, 3.05) is 6.61 Å². The first-order chi connectivity index (χ1) is 10.8. The molecule has 23 heavy (non-hydrogen) atoms. The zero-order chi connectivity index (χ0) is 17.2. The Kier molecular flexibility index (Phi) is 4.79. The van der Waals surface area contributed by atoms with E-state index < -0.39 is 29.3 Å². The van der Waals surface area contributed by atoms with Gasteiger partial charge in [0.25, 0.3) is 0 Å². The van der Waals surface area contributed by atoms with Gasteiger partial charge in [-0.05, 0) is 18.4 Å². The molecular formula is C14H14F3N3O2S. The first kappa shape index (κ1) is 17.1. The number of aliphatic imine (C=N–C) groups is 1. The molecule has 0 aliphatic carbocycles. The second kappa shape index (κ2) is 6.45. The van der Waals surface area contributed by atoms with Gasteiger partial charge in [0.1, 0.15) is 5.84 Å². The average molecular weight is 345 g/mol. The molecule has 1 aromatic heterocycles. The molecule has 9 heteroatoms. The number of halogens is 3. The maximum atomic E-state index is 13.3. The van der Waals surface area contributed by atoms with Crippen molar-refractivity contribution < 1.29 is 22.7 Å². The third-order valence-electron chi connectivity index (χ3n) is 3.15. The summed E-state index contributed by atoms with van der Waals surface area (Å²) in [5.41, 5.74) is 9.32. The predicted octanol–water partition coefficient (Wildman–Crippen LogP) is 2.42. The van der Waals surface area contributed by atoms with Crippen LogP contribution < -0.4 is 11.5 Å². The lowest BCUT2D eigenvalue weighted by Gasteiger charge is -2.27. The van der Waals surface area contributed by atoms with Crippen LogP contribution in [0.4, 0.5) is 13.2 Å². The van der Waals surface area contributed by atoms with E-state index in [0.717, 1.165) is 6.20 Å². The molecule has 0 radical (unpaired) electrons. The molecule has 0 spiro atoms. The summed E-state index contributed by atoms with van der Waals surface area (Å²) < 4.78 is 44.8. The lowest BCUT2D eigenvalue weighted by atomic mass is 9.85. The van der Waals surface area contributed by atoms with E-state index in [-0.39, 0.29) is 18.0 Å². The van der Waals surface area contributed by atoms with Crippen LogP contribution in [0.2, 0.25) is 0 Å². The SMILES string of the molecule is CCOC(=O)C1=C(C(F)(F)F)N=C(N)/C(=C\N)C1c1cccs1. The highest BCUT2D eigenvalue weighted by Gasteiger charge is 2.46. The van der Waals surface area contributed by atoms with E-state index in [1.54, 1.807) is 17.5 Å². The third-order valence-corrected chi connectivity index (χ3v) is 4.09. The Labute approximate surface area is 134 Å². The summed E-state index contributed by atoms with van der Waals surface area (Å²) in [7, 11) is 0. The van der Waals surface area contributed by atoms with Gasteiger partial charge in [-0.15, -0.1) is 11.3 Å². The summed E-state index contributed by atoms with van der Waals surface area (Å²) in [4.78, 5) is 16.0. The van der Waals surface area contributed by atoms with Gasteiger partial charge in [0.15, 0.2) is 5.70 Å². The maximum absolute atomic E-state index is 13.3. The van der Waals surface area contributed by atoms with Gasteiger partial charge in [0, 0.05) is 16.7 Å². The molecule has 0 amide bonds. The van der Waals surface area contributed by atoms with Crippen LogP contribution in [0.5, 0.6) is 0 Å². The lowest BCUT2D eigenvalue weighted by molar-refractivity contribution is -0.140. The summed E-state index contributed by atoms with van der Waals surface area (Å²) in [6, 6.07) is 3.26. The molecule has 0 aromatic carbocycles. The minimum Gasteiger partial charge on any atom is -0.463 e. The maximum Gasteiger partial charge on any atom is 0.434 e. The largest absolute Gasteiger partial charge is 0.463 e. The van der Waals surface area contributed by atoms with Crippen LogP contribution in [-0.4, -0.2) is 24.6 Å². The number of hydrogen-bond acceptors (Lipinski definition) is 6. The number of carbonyl (C=O) groups excluding carboxylic acids is 1. The molecule has 5 nitrogen and oxygen atoms in total. The van der Waals surface area contributed by atoms with Gasteiger partial charge in [0.2, 0.25) is 0 Å². The first-order valence-corrected chi connectivity index (χ1v) is 7.47. The number of nitrogens with two attached hydrogens (primary N) is 2. The van der Waals surface area contributed by atoms with Gasteiger partial charge < -0.3 is 16.2 Å². The van der Waals surface area contributed by atoms with Crippen molar-refractivity contribution in [1.82, 2.24) is 0 Å². The van der Waals surface area contributed by atoms with E-state index >= 15 is 0 Å². The van der Waals surface area contributed by atoms with Crippen molar-refractivity contribution in [1.29, 1.82) is 0 Å². The van der Waals surface area contributed by atoms with Crippen LogP contribution in [0.15, 0.2) is 45.5 Å². The molecule has 1 aromatic rings. The molecule has 2 heterocycles. The molecule has 124 valence electrons. The van der Waals surface area contributed by atoms with Gasteiger partial charge in [-0.1, -0.05) is 6.07 Å². The van der Waals surface area contributed by atoms with E-state index in [4.69, 9.17) is 16.2 Å². The fourth-order valence-corrected chi connectivity index (χ4v) is 3.11. The molecule has 0 bridgehead atoms. The summed E-state index contributed by atoms with van der Waals surface area (Å²) in [6.45, 7) is 1.44. The molecular weight excluding hydrogens is 331 g/mol.